The molecule has 4 nitrogen and oxygen atoms in total. The van der Waals surface area contributed by atoms with E-state index in [0.717, 1.165) is 18.4 Å². The minimum atomic E-state index is 0.0362. The lowest BCUT2D eigenvalue weighted by Gasteiger charge is -2.36. The fourth-order valence-electron chi connectivity index (χ4n) is 3.30. The molecule has 2 N–H and O–H groups in total. The van der Waals surface area contributed by atoms with Gasteiger partial charge in [0.25, 0.3) is 0 Å². The molecule has 1 aromatic carbocycles. The maximum atomic E-state index is 12.5. The number of ether oxygens (including phenoxy) is 1. The summed E-state index contributed by atoms with van der Waals surface area (Å²) in [6.45, 7) is 2.41. The molecule has 2 rings (SSSR count). The molecule has 0 aromatic heterocycles. The number of likely N-dealkylation sites (N-methyl/N-ethyl adjacent to an activating group) is 1. The molecule has 1 fully saturated rings. The van der Waals surface area contributed by atoms with Gasteiger partial charge in [0, 0.05) is 20.0 Å². The summed E-state index contributed by atoms with van der Waals surface area (Å²) in [4.78, 5) is 14.2. The largest absolute Gasteiger partial charge is 0.375 e. The van der Waals surface area contributed by atoms with Crippen LogP contribution in [0.15, 0.2) is 30.3 Å². The van der Waals surface area contributed by atoms with E-state index in [9.17, 15) is 4.79 Å². The zero-order valence-electron chi connectivity index (χ0n) is 14.3. The van der Waals surface area contributed by atoms with Gasteiger partial charge in [0.05, 0.1) is 13.2 Å². The van der Waals surface area contributed by atoms with Crippen molar-refractivity contribution in [3.63, 3.8) is 0 Å². The van der Waals surface area contributed by atoms with Gasteiger partial charge in [0.15, 0.2) is 0 Å². The molecule has 4 heteroatoms. The van der Waals surface area contributed by atoms with Crippen molar-refractivity contribution >= 4 is 5.91 Å². The second-order valence-electron chi connectivity index (χ2n) is 6.80. The van der Waals surface area contributed by atoms with Gasteiger partial charge in [-0.15, -0.1) is 0 Å². The van der Waals surface area contributed by atoms with Gasteiger partial charge in [-0.1, -0.05) is 49.6 Å². The predicted octanol–water partition coefficient (Wildman–Crippen LogP) is 2.96. The number of carbonyl (C=O) groups is 1. The third-order valence-electron chi connectivity index (χ3n) is 4.98. The zero-order chi connectivity index (χ0) is 16.5. The van der Waals surface area contributed by atoms with E-state index in [1.54, 1.807) is 4.90 Å². The van der Waals surface area contributed by atoms with E-state index in [4.69, 9.17) is 10.5 Å². The average molecular weight is 318 g/mol. The van der Waals surface area contributed by atoms with Gasteiger partial charge in [0.2, 0.25) is 5.91 Å². The van der Waals surface area contributed by atoms with Gasteiger partial charge in [-0.3, -0.25) is 4.79 Å². The van der Waals surface area contributed by atoms with E-state index in [1.165, 1.54) is 19.3 Å². The maximum Gasteiger partial charge on any atom is 0.222 e. The van der Waals surface area contributed by atoms with Gasteiger partial charge >= 0.3 is 0 Å². The molecule has 23 heavy (non-hydrogen) atoms. The van der Waals surface area contributed by atoms with E-state index in [1.807, 2.05) is 37.4 Å². The number of carbonyl (C=O) groups excluding carboxylic acids is 1. The average Bonchev–Trinajstić information content (AvgIpc) is 2.60. The standard InChI is InChI=1S/C19H30N2O2/c1-21(12-13-23-15-17-8-4-2-5-9-17)18(22)14-19(16-20)10-6-3-7-11-19/h2,4-5,8-9H,3,6-7,10-16,20H2,1H3. The Hall–Kier alpha value is -1.39. The maximum absolute atomic E-state index is 12.5. The van der Waals surface area contributed by atoms with Crippen LogP contribution in [0, 0.1) is 5.41 Å². The molecular formula is C19H30N2O2. The van der Waals surface area contributed by atoms with E-state index in [2.05, 4.69) is 0 Å². The summed E-state index contributed by atoms with van der Waals surface area (Å²) in [5, 5.41) is 0. The van der Waals surface area contributed by atoms with Gasteiger partial charge in [-0.2, -0.15) is 0 Å². The lowest BCUT2D eigenvalue weighted by atomic mass is 9.71. The molecule has 0 unspecified atom stereocenters. The van der Waals surface area contributed by atoms with Crippen molar-refractivity contribution in [2.75, 3.05) is 26.7 Å². The third-order valence-corrected chi connectivity index (χ3v) is 4.98. The first kappa shape index (κ1) is 18.0. The number of amides is 1. The minimum Gasteiger partial charge on any atom is -0.375 e. The molecule has 128 valence electrons. The summed E-state index contributed by atoms with van der Waals surface area (Å²) in [6.07, 6.45) is 6.45. The number of hydrogen-bond acceptors (Lipinski definition) is 3. The van der Waals surface area contributed by atoms with Crippen LogP contribution in [0.3, 0.4) is 0 Å². The fourth-order valence-corrected chi connectivity index (χ4v) is 3.30. The summed E-state index contributed by atoms with van der Waals surface area (Å²) in [5.41, 5.74) is 7.17. The molecule has 1 amide bonds. The van der Waals surface area contributed by atoms with Crippen molar-refractivity contribution < 1.29 is 9.53 Å². The number of nitrogens with zero attached hydrogens (tertiary/aromatic N) is 1. The molecule has 1 aliphatic carbocycles. The first-order chi connectivity index (χ1) is 11.2. The van der Waals surface area contributed by atoms with E-state index in [-0.39, 0.29) is 11.3 Å². The fraction of sp³-hybridized carbons (Fsp3) is 0.632. The molecule has 0 heterocycles. The molecule has 1 saturated carbocycles. The normalized spacial score (nSPS) is 17.0. The first-order valence-electron chi connectivity index (χ1n) is 8.71. The van der Waals surface area contributed by atoms with Crippen LogP contribution in [0.5, 0.6) is 0 Å². The van der Waals surface area contributed by atoms with E-state index in [0.29, 0.717) is 32.7 Å². The zero-order valence-corrected chi connectivity index (χ0v) is 14.3. The Morgan fingerprint density at radius 2 is 1.91 bits per heavy atom. The van der Waals surface area contributed by atoms with Crippen molar-refractivity contribution in [3.05, 3.63) is 35.9 Å². The smallest absolute Gasteiger partial charge is 0.222 e. The van der Waals surface area contributed by atoms with Crippen LogP contribution < -0.4 is 5.73 Å². The van der Waals surface area contributed by atoms with Crippen LogP contribution in [0.1, 0.15) is 44.1 Å². The van der Waals surface area contributed by atoms with E-state index >= 15 is 0 Å². The van der Waals surface area contributed by atoms with Crippen molar-refractivity contribution in [2.45, 2.75) is 45.1 Å². The Kier molecular flexibility index (Phi) is 7.06. The summed E-state index contributed by atoms with van der Waals surface area (Å²) in [7, 11) is 1.86. The van der Waals surface area contributed by atoms with Gasteiger partial charge in [-0.25, -0.2) is 0 Å². The second-order valence-corrected chi connectivity index (χ2v) is 6.80. The molecular weight excluding hydrogens is 288 g/mol. The molecule has 1 aliphatic rings. The van der Waals surface area contributed by atoms with Crippen LogP contribution >= 0.6 is 0 Å². The highest BCUT2D eigenvalue weighted by molar-refractivity contribution is 5.76. The summed E-state index contributed by atoms with van der Waals surface area (Å²) >= 11 is 0. The Morgan fingerprint density at radius 3 is 2.57 bits per heavy atom. The van der Waals surface area contributed by atoms with Gasteiger partial charge in [0.1, 0.15) is 0 Å². The summed E-state index contributed by atoms with van der Waals surface area (Å²) in [5.74, 6) is 0.195. The lowest BCUT2D eigenvalue weighted by molar-refractivity contribution is -0.133. The molecule has 1 aromatic rings. The Labute approximate surface area is 140 Å². The highest BCUT2D eigenvalue weighted by atomic mass is 16.5. The quantitative estimate of drug-likeness (QED) is 0.750. The Balaban J connectivity index is 1.70. The van der Waals surface area contributed by atoms with Gasteiger partial charge < -0.3 is 15.4 Å². The number of hydrogen-bond donors (Lipinski definition) is 1. The highest BCUT2D eigenvalue weighted by Gasteiger charge is 2.33. The summed E-state index contributed by atoms with van der Waals surface area (Å²) in [6, 6.07) is 10.1. The first-order valence-corrected chi connectivity index (χ1v) is 8.71. The van der Waals surface area contributed by atoms with Crippen molar-refractivity contribution in [1.29, 1.82) is 0 Å². The molecule has 0 atom stereocenters. The Bertz CT molecular complexity index is 470. The molecule has 0 spiro atoms. The number of nitrogens with two attached hydrogens (primary N) is 1. The molecule has 0 bridgehead atoms. The topological polar surface area (TPSA) is 55.6 Å². The number of benzene rings is 1. The van der Waals surface area contributed by atoms with Crippen LogP contribution in [-0.4, -0.2) is 37.6 Å². The minimum absolute atomic E-state index is 0.0362. The van der Waals surface area contributed by atoms with Crippen LogP contribution in [0.25, 0.3) is 0 Å². The second kappa shape index (κ2) is 9.04. The monoisotopic (exact) mass is 318 g/mol. The number of rotatable bonds is 8. The SMILES string of the molecule is CN(CCOCc1ccccc1)C(=O)CC1(CN)CCCCC1. The van der Waals surface area contributed by atoms with Crippen LogP contribution in [0.4, 0.5) is 0 Å². The molecule has 0 aliphatic heterocycles. The van der Waals surface area contributed by atoms with E-state index < -0.39 is 0 Å². The molecule has 0 radical (unpaired) electrons. The lowest BCUT2D eigenvalue weighted by Crippen LogP contribution is -2.40. The summed E-state index contributed by atoms with van der Waals surface area (Å²) < 4.78 is 5.66. The van der Waals surface area contributed by atoms with Crippen molar-refractivity contribution in [2.24, 2.45) is 11.1 Å². The Morgan fingerprint density at radius 1 is 1.22 bits per heavy atom. The van der Waals surface area contributed by atoms with Crippen LogP contribution in [0.2, 0.25) is 0 Å². The third kappa shape index (κ3) is 5.63. The molecule has 0 saturated heterocycles. The van der Waals surface area contributed by atoms with Crippen LogP contribution in [-0.2, 0) is 16.1 Å². The van der Waals surface area contributed by atoms with Crippen molar-refractivity contribution in [3.8, 4) is 0 Å². The predicted molar refractivity (Wildman–Crippen MR) is 92.9 cm³/mol. The highest BCUT2D eigenvalue weighted by Crippen LogP contribution is 2.38. The van der Waals surface area contributed by atoms with Gasteiger partial charge in [-0.05, 0) is 30.4 Å². The van der Waals surface area contributed by atoms with Crippen molar-refractivity contribution in [1.82, 2.24) is 4.90 Å².